The molecule has 0 aliphatic rings. The van der Waals surface area contributed by atoms with E-state index in [2.05, 4.69) is 16.7 Å². The van der Waals surface area contributed by atoms with Gasteiger partial charge in [-0.2, -0.15) is 14.6 Å². The van der Waals surface area contributed by atoms with E-state index in [0.717, 1.165) is 39.4 Å². The lowest BCUT2D eigenvalue weighted by Gasteiger charge is -2.08. The highest BCUT2D eigenvalue weighted by atomic mass is 32.1. The van der Waals surface area contributed by atoms with Crippen molar-refractivity contribution in [3.63, 3.8) is 0 Å². The van der Waals surface area contributed by atoms with Crippen LogP contribution in [0.4, 0.5) is 0 Å². The molecule has 0 atom stereocenters. The molecule has 0 unspecified atom stereocenters. The molecule has 7 nitrogen and oxygen atoms in total. The van der Waals surface area contributed by atoms with Crippen LogP contribution in [0.1, 0.15) is 11.1 Å². The largest absolute Gasteiger partial charge is 0.490 e. The fourth-order valence-electron chi connectivity index (χ4n) is 4.25. The molecule has 0 aliphatic carbocycles. The normalized spacial score (nSPS) is 11.8. The Morgan fingerprint density at radius 2 is 1.76 bits per heavy atom. The first-order valence-electron chi connectivity index (χ1n) is 12.1. The molecule has 0 saturated carbocycles. The number of benzene rings is 3. The molecule has 3 aromatic carbocycles. The number of rotatable bonds is 7. The SMILES string of the molecule is C=CCOc1ccc(-c2nn(-c3ccccc3)cc2C=c2sc3nc(-c4ccccc4)nn3c2=O)c(C)c1. The maximum atomic E-state index is 13.3. The van der Waals surface area contributed by atoms with Gasteiger partial charge in [-0.1, -0.05) is 72.5 Å². The standard InChI is InChI=1S/C30H23N5O2S/c1-3-16-37-24-14-15-25(20(2)17-24)27-22(19-34(32-27)23-12-8-5-9-13-23)18-26-29(36)35-30(38-26)31-28(33-35)21-10-6-4-7-11-21/h3-15,17-19H,1,16H2,2H3. The van der Waals surface area contributed by atoms with E-state index < -0.39 is 0 Å². The second kappa shape index (κ2) is 9.91. The molecule has 3 aromatic heterocycles. The van der Waals surface area contributed by atoms with Gasteiger partial charge in [-0.05, 0) is 48.9 Å². The zero-order chi connectivity index (χ0) is 26.1. The molecule has 0 aliphatic heterocycles. The Hall–Kier alpha value is -4.82. The average Bonchev–Trinajstić information content (AvgIpc) is 3.64. The van der Waals surface area contributed by atoms with Crippen molar-refractivity contribution in [2.75, 3.05) is 6.61 Å². The summed E-state index contributed by atoms with van der Waals surface area (Å²) in [6, 6.07) is 25.4. The van der Waals surface area contributed by atoms with Crippen LogP contribution < -0.4 is 14.8 Å². The van der Waals surface area contributed by atoms with E-state index in [1.165, 1.54) is 15.9 Å². The smallest absolute Gasteiger partial charge is 0.291 e. The van der Waals surface area contributed by atoms with Gasteiger partial charge in [0, 0.05) is 22.9 Å². The molecule has 0 N–H and O–H groups in total. The summed E-state index contributed by atoms with van der Waals surface area (Å²) in [7, 11) is 0. The lowest BCUT2D eigenvalue weighted by Crippen LogP contribution is -2.23. The number of fused-ring (bicyclic) bond motifs is 1. The number of nitrogens with zero attached hydrogens (tertiary/aromatic N) is 5. The summed E-state index contributed by atoms with van der Waals surface area (Å²) in [5.74, 6) is 1.30. The molecular weight excluding hydrogens is 494 g/mol. The Bertz CT molecular complexity index is 1870. The Balaban J connectivity index is 1.47. The van der Waals surface area contributed by atoms with Gasteiger partial charge in [-0.3, -0.25) is 4.79 Å². The van der Waals surface area contributed by atoms with E-state index >= 15 is 0 Å². The van der Waals surface area contributed by atoms with Gasteiger partial charge in [-0.25, -0.2) is 4.68 Å². The van der Waals surface area contributed by atoms with Gasteiger partial charge < -0.3 is 4.74 Å². The second-order valence-corrected chi connectivity index (χ2v) is 9.71. The minimum Gasteiger partial charge on any atom is -0.490 e. The number of thiazole rings is 1. The predicted octanol–water partition coefficient (Wildman–Crippen LogP) is 5.09. The van der Waals surface area contributed by atoms with E-state index in [1.54, 1.807) is 6.08 Å². The van der Waals surface area contributed by atoms with Crippen LogP contribution in [0.15, 0.2) is 103 Å². The zero-order valence-electron chi connectivity index (χ0n) is 20.6. The molecule has 38 heavy (non-hydrogen) atoms. The zero-order valence-corrected chi connectivity index (χ0v) is 21.4. The van der Waals surface area contributed by atoms with Crippen LogP contribution in [0.2, 0.25) is 0 Å². The Morgan fingerprint density at radius 1 is 1.00 bits per heavy atom. The van der Waals surface area contributed by atoms with Crippen molar-refractivity contribution in [1.29, 1.82) is 0 Å². The molecule has 6 aromatic rings. The minimum atomic E-state index is -0.206. The first kappa shape index (κ1) is 23.6. The molecule has 0 spiro atoms. The molecule has 8 heteroatoms. The molecular formula is C30H23N5O2S. The van der Waals surface area contributed by atoms with Crippen molar-refractivity contribution >= 4 is 22.4 Å². The third-order valence-corrected chi connectivity index (χ3v) is 7.04. The Labute approximate surface area is 222 Å². The van der Waals surface area contributed by atoms with Gasteiger partial charge in [0.25, 0.3) is 5.56 Å². The Morgan fingerprint density at radius 3 is 2.47 bits per heavy atom. The maximum absolute atomic E-state index is 13.3. The van der Waals surface area contributed by atoms with Crippen LogP contribution in [-0.2, 0) is 0 Å². The van der Waals surface area contributed by atoms with Crippen LogP contribution in [0.25, 0.3) is 39.4 Å². The van der Waals surface area contributed by atoms with Gasteiger partial charge in [0.05, 0.1) is 10.2 Å². The summed E-state index contributed by atoms with van der Waals surface area (Å²) in [5.41, 5.74) is 5.15. The van der Waals surface area contributed by atoms with Crippen molar-refractivity contribution in [1.82, 2.24) is 24.4 Å². The van der Waals surface area contributed by atoms with E-state index in [4.69, 9.17) is 9.84 Å². The molecule has 0 saturated heterocycles. The van der Waals surface area contributed by atoms with Crippen LogP contribution in [-0.4, -0.2) is 31.0 Å². The highest BCUT2D eigenvalue weighted by Gasteiger charge is 2.16. The van der Waals surface area contributed by atoms with Gasteiger partial charge in [-0.15, -0.1) is 5.10 Å². The van der Waals surface area contributed by atoms with Crippen molar-refractivity contribution in [2.24, 2.45) is 0 Å². The number of hydrogen-bond donors (Lipinski definition) is 0. The van der Waals surface area contributed by atoms with Crippen molar-refractivity contribution in [3.8, 4) is 34.1 Å². The van der Waals surface area contributed by atoms with Crippen molar-refractivity contribution in [3.05, 3.63) is 124 Å². The maximum Gasteiger partial charge on any atom is 0.291 e. The molecule has 0 fully saturated rings. The fourth-order valence-corrected chi connectivity index (χ4v) is 5.15. The summed E-state index contributed by atoms with van der Waals surface area (Å²) < 4.78 is 9.44. The average molecular weight is 518 g/mol. The number of aromatic nitrogens is 5. The molecule has 6 rings (SSSR count). The van der Waals surface area contributed by atoms with E-state index in [0.29, 0.717) is 21.9 Å². The molecule has 186 valence electrons. The molecule has 3 heterocycles. The molecule has 0 radical (unpaired) electrons. The van der Waals surface area contributed by atoms with E-state index in [-0.39, 0.29) is 5.56 Å². The third kappa shape index (κ3) is 4.42. The number of ether oxygens (including phenoxy) is 1. The van der Waals surface area contributed by atoms with Gasteiger partial charge in [0.15, 0.2) is 5.82 Å². The van der Waals surface area contributed by atoms with E-state index in [9.17, 15) is 4.79 Å². The van der Waals surface area contributed by atoms with Crippen LogP contribution >= 0.6 is 11.3 Å². The second-order valence-electron chi connectivity index (χ2n) is 8.70. The van der Waals surface area contributed by atoms with Crippen molar-refractivity contribution < 1.29 is 4.74 Å². The molecule has 0 bridgehead atoms. The lowest BCUT2D eigenvalue weighted by molar-refractivity contribution is 0.363. The van der Waals surface area contributed by atoms with Gasteiger partial charge in [0.1, 0.15) is 18.1 Å². The van der Waals surface area contributed by atoms with Crippen molar-refractivity contribution in [2.45, 2.75) is 6.92 Å². The summed E-state index contributed by atoms with van der Waals surface area (Å²) in [6.45, 7) is 6.17. The summed E-state index contributed by atoms with van der Waals surface area (Å²) in [5, 5.41) is 9.39. The summed E-state index contributed by atoms with van der Waals surface area (Å²) >= 11 is 1.31. The molecule has 0 amide bonds. The lowest BCUT2D eigenvalue weighted by atomic mass is 10.0. The fraction of sp³-hybridized carbons (Fsp3) is 0.0667. The topological polar surface area (TPSA) is 74.3 Å². The van der Waals surface area contributed by atoms with Crippen LogP contribution in [0.5, 0.6) is 5.75 Å². The van der Waals surface area contributed by atoms with E-state index in [1.807, 2.05) is 103 Å². The van der Waals surface area contributed by atoms with Crippen LogP contribution in [0, 0.1) is 6.92 Å². The predicted molar refractivity (Wildman–Crippen MR) is 151 cm³/mol. The highest BCUT2D eigenvalue weighted by molar-refractivity contribution is 7.15. The summed E-state index contributed by atoms with van der Waals surface area (Å²) in [4.78, 5) is 18.5. The third-order valence-electron chi connectivity index (χ3n) is 6.08. The number of para-hydroxylation sites is 1. The number of hydrogen-bond acceptors (Lipinski definition) is 6. The minimum absolute atomic E-state index is 0.206. The Kier molecular flexibility index (Phi) is 6.15. The van der Waals surface area contributed by atoms with Crippen LogP contribution in [0.3, 0.4) is 0 Å². The quantitative estimate of drug-likeness (QED) is 0.276. The summed E-state index contributed by atoms with van der Waals surface area (Å²) in [6.07, 6.45) is 5.53. The van der Waals surface area contributed by atoms with Gasteiger partial charge in [0.2, 0.25) is 4.96 Å². The first-order valence-corrected chi connectivity index (χ1v) is 12.9. The first-order chi connectivity index (χ1) is 18.6. The highest BCUT2D eigenvalue weighted by Crippen LogP contribution is 2.30. The van der Waals surface area contributed by atoms with Gasteiger partial charge >= 0.3 is 0 Å². The monoisotopic (exact) mass is 517 g/mol. The number of aryl methyl sites for hydroxylation is 1.